The van der Waals surface area contributed by atoms with Crippen molar-refractivity contribution >= 4 is 35.0 Å². The number of halogens is 1. The molecule has 0 spiro atoms. The number of rotatable bonds is 8. The second-order valence-electron chi connectivity index (χ2n) is 6.82. The number of ether oxygens (including phenoxy) is 3. The Morgan fingerprint density at radius 3 is 2.77 bits per heavy atom. The molecular formula is C23H27ClN2O4. The average Bonchev–Trinajstić information content (AvgIpc) is 2.77. The molecule has 0 saturated carbocycles. The maximum absolute atomic E-state index is 12.5. The minimum absolute atomic E-state index is 0.225. The highest BCUT2D eigenvalue weighted by atomic mass is 35.5. The fourth-order valence-electron chi connectivity index (χ4n) is 3.19. The number of amides is 1. The summed E-state index contributed by atoms with van der Waals surface area (Å²) in [6.45, 7) is 5.54. The van der Waals surface area contributed by atoms with Crippen LogP contribution in [-0.2, 0) is 9.53 Å². The average molecular weight is 431 g/mol. The lowest BCUT2D eigenvalue weighted by Crippen LogP contribution is -2.36. The number of para-hydroxylation sites is 2. The standard InChI is InChI=1S/C23H27ClN2O4/c1-3-12-30-23-18(24)15-17(16-21(23)28-2)8-9-22(27)25-19-6-4-5-7-20(19)26-10-13-29-14-11-26/h4-9,15-16H,3,10-14H2,1-2H3,(H,25,27). The molecule has 0 unspecified atom stereocenters. The van der Waals surface area contributed by atoms with Crippen LogP contribution in [0.4, 0.5) is 11.4 Å². The molecule has 0 radical (unpaired) electrons. The van der Waals surface area contributed by atoms with E-state index in [1.165, 1.54) is 6.08 Å². The Morgan fingerprint density at radius 2 is 2.03 bits per heavy atom. The maximum Gasteiger partial charge on any atom is 0.248 e. The van der Waals surface area contributed by atoms with Crippen molar-refractivity contribution in [3.05, 3.63) is 53.1 Å². The Morgan fingerprint density at radius 1 is 1.27 bits per heavy atom. The molecule has 1 aliphatic rings. The van der Waals surface area contributed by atoms with Crippen molar-refractivity contribution in [1.82, 2.24) is 0 Å². The van der Waals surface area contributed by atoms with Gasteiger partial charge in [-0.05, 0) is 42.3 Å². The van der Waals surface area contributed by atoms with Crippen LogP contribution in [0.25, 0.3) is 6.08 Å². The van der Waals surface area contributed by atoms with Crippen LogP contribution in [0.15, 0.2) is 42.5 Å². The van der Waals surface area contributed by atoms with Gasteiger partial charge in [0.15, 0.2) is 11.5 Å². The zero-order valence-electron chi connectivity index (χ0n) is 17.3. The topological polar surface area (TPSA) is 60.0 Å². The summed E-state index contributed by atoms with van der Waals surface area (Å²) in [5.41, 5.74) is 2.51. The molecule has 3 rings (SSSR count). The smallest absolute Gasteiger partial charge is 0.248 e. The van der Waals surface area contributed by atoms with E-state index < -0.39 is 0 Å². The first-order chi connectivity index (χ1) is 14.6. The van der Waals surface area contributed by atoms with Gasteiger partial charge >= 0.3 is 0 Å². The summed E-state index contributed by atoms with van der Waals surface area (Å²) in [6, 6.07) is 11.3. The molecule has 1 amide bonds. The van der Waals surface area contributed by atoms with Gasteiger partial charge in [-0.1, -0.05) is 30.7 Å². The van der Waals surface area contributed by atoms with Crippen LogP contribution in [0.5, 0.6) is 11.5 Å². The Kier molecular flexibility index (Phi) is 7.99. The van der Waals surface area contributed by atoms with E-state index in [0.29, 0.717) is 36.3 Å². The van der Waals surface area contributed by atoms with E-state index in [0.717, 1.165) is 36.4 Å². The number of hydrogen-bond donors (Lipinski definition) is 1. The maximum atomic E-state index is 12.5. The highest BCUT2D eigenvalue weighted by molar-refractivity contribution is 6.32. The molecular weight excluding hydrogens is 404 g/mol. The first-order valence-corrected chi connectivity index (χ1v) is 10.4. The number of carbonyl (C=O) groups is 1. The van der Waals surface area contributed by atoms with E-state index in [9.17, 15) is 4.79 Å². The normalized spacial score (nSPS) is 14.0. The van der Waals surface area contributed by atoms with Gasteiger partial charge < -0.3 is 24.4 Å². The molecule has 160 valence electrons. The quantitative estimate of drug-likeness (QED) is 0.619. The first kappa shape index (κ1) is 22.0. The summed E-state index contributed by atoms with van der Waals surface area (Å²) in [5, 5.41) is 3.41. The second kappa shape index (κ2) is 10.9. The molecule has 0 aromatic heterocycles. The Bertz CT molecular complexity index is 895. The van der Waals surface area contributed by atoms with Gasteiger partial charge in [-0.3, -0.25) is 4.79 Å². The minimum Gasteiger partial charge on any atom is -0.493 e. The second-order valence-corrected chi connectivity index (χ2v) is 7.23. The zero-order valence-corrected chi connectivity index (χ0v) is 18.1. The van der Waals surface area contributed by atoms with Crippen LogP contribution < -0.4 is 19.7 Å². The molecule has 1 aliphatic heterocycles. The van der Waals surface area contributed by atoms with Crippen molar-refractivity contribution in [3.63, 3.8) is 0 Å². The van der Waals surface area contributed by atoms with Crippen molar-refractivity contribution in [3.8, 4) is 11.5 Å². The number of carbonyl (C=O) groups excluding carboxylic acids is 1. The van der Waals surface area contributed by atoms with Crippen LogP contribution in [0.2, 0.25) is 5.02 Å². The van der Waals surface area contributed by atoms with Gasteiger partial charge in [0.1, 0.15) is 0 Å². The molecule has 0 bridgehead atoms. The lowest BCUT2D eigenvalue weighted by Gasteiger charge is -2.30. The molecule has 2 aromatic carbocycles. The molecule has 0 aliphatic carbocycles. The lowest BCUT2D eigenvalue weighted by molar-refractivity contribution is -0.111. The van der Waals surface area contributed by atoms with Crippen LogP contribution >= 0.6 is 11.6 Å². The number of morpholine rings is 1. The monoisotopic (exact) mass is 430 g/mol. The minimum atomic E-state index is -0.225. The third-order valence-corrected chi connectivity index (χ3v) is 4.92. The Labute approximate surface area is 182 Å². The highest BCUT2D eigenvalue weighted by Crippen LogP contribution is 2.37. The van der Waals surface area contributed by atoms with Crippen molar-refractivity contribution < 1.29 is 19.0 Å². The zero-order chi connectivity index (χ0) is 21.3. The highest BCUT2D eigenvalue weighted by Gasteiger charge is 2.15. The summed E-state index contributed by atoms with van der Waals surface area (Å²) >= 11 is 6.35. The number of anilines is 2. The van der Waals surface area contributed by atoms with Crippen molar-refractivity contribution in [2.75, 3.05) is 50.2 Å². The summed E-state index contributed by atoms with van der Waals surface area (Å²) in [6.07, 6.45) is 4.05. The molecule has 6 nitrogen and oxygen atoms in total. The van der Waals surface area contributed by atoms with Gasteiger partial charge in [0.05, 0.1) is 43.3 Å². The molecule has 1 N–H and O–H groups in total. The van der Waals surface area contributed by atoms with Gasteiger partial charge in [-0.2, -0.15) is 0 Å². The van der Waals surface area contributed by atoms with E-state index in [1.54, 1.807) is 25.3 Å². The summed E-state index contributed by atoms with van der Waals surface area (Å²) in [5.74, 6) is 0.827. The van der Waals surface area contributed by atoms with Crippen LogP contribution in [0.3, 0.4) is 0 Å². The van der Waals surface area contributed by atoms with Crippen molar-refractivity contribution in [2.45, 2.75) is 13.3 Å². The number of methoxy groups -OCH3 is 1. The predicted octanol–water partition coefficient (Wildman–Crippen LogP) is 4.63. The fraction of sp³-hybridized carbons (Fsp3) is 0.348. The number of benzene rings is 2. The summed E-state index contributed by atoms with van der Waals surface area (Å²) in [4.78, 5) is 14.7. The van der Waals surface area contributed by atoms with Gasteiger partial charge in [0.2, 0.25) is 5.91 Å². The van der Waals surface area contributed by atoms with E-state index in [2.05, 4.69) is 10.2 Å². The largest absolute Gasteiger partial charge is 0.493 e. The summed E-state index contributed by atoms with van der Waals surface area (Å²) in [7, 11) is 1.56. The third-order valence-electron chi connectivity index (χ3n) is 4.64. The molecule has 30 heavy (non-hydrogen) atoms. The number of hydrogen-bond acceptors (Lipinski definition) is 5. The van der Waals surface area contributed by atoms with E-state index >= 15 is 0 Å². The van der Waals surface area contributed by atoms with Gasteiger partial charge in [-0.25, -0.2) is 0 Å². The third kappa shape index (κ3) is 5.68. The Hall–Kier alpha value is -2.70. The fourth-order valence-corrected chi connectivity index (χ4v) is 3.46. The predicted molar refractivity (Wildman–Crippen MR) is 121 cm³/mol. The molecule has 1 fully saturated rings. The SMILES string of the molecule is CCCOc1c(Cl)cc(C=CC(=O)Nc2ccccc2N2CCOCC2)cc1OC. The molecule has 0 atom stereocenters. The van der Waals surface area contributed by atoms with E-state index in [1.807, 2.05) is 31.2 Å². The lowest BCUT2D eigenvalue weighted by atomic mass is 10.1. The van der Waals surface area contributed by atoms with E-state index in [-0.39, 0.29) is 5.91 Å². The van der Waals surface area contributed by atoms with Gasteiger partial charge in [-0.15, -0.1) is 0 Å². The summed E-state index contributed by atoms with van der Waals surface area (Å²) < 4.78 is 16.5. The Balaban J connectivity index is 1.72. The van der Waals surface area contributed by atoms with Crippen LogP contribution in [-0.4, -0.2) is 45.9 Å². The van der Waals surface area contributed by atoms with Crippen molar-refractivity contribution in [1.29, 1.82) is 0 Å². The number of nitrogens with one attached hydrogen (secondary N) is 1. The number of nitrogens with zero attached hydrogens (tertiary/aromatic N) is 1. The van der Waals surface area contributed by atoms with Crippen LogP contribution in [0.1, 0.15) is 18.9 Å². The van der Waals surface area contributed by atoms with E-state index in [4.69, 9.17) is 25.8 Å². The molecule has 1 saturated heterocycles. The molecule has 7 heteroatoms. The molecule has 1 heterocycles. The van der Waals surface area contributed by atoms with Gasteiger partial charge in [0, 0.05) is 19.2 Å². The van der Waals surface area contributed by atoms with Crippen LogP contribution in [0, 0.1) is 0 Å². The van der Waals surface area contributed by atoms with Crippen molar-refractivity contribution in [2.24, 2.45) is 0 Å². The molecule has 2 aromatic rings. The first-order valence-electron chi connectivity index (χ1n) is 10.0. The van der Waals surface area contributed by atoms with Gasteiger partial charge in [0.25, 0.3) is 0 Å².